The van der Waals surface area contributed by atoms with Gasteiger partial charge in [0.2, 0.25) is 0 Å². The molecule has 1 fully saturated rings. The molecule has 1 aliphatic carbocycles. The lowest BCUT2D eigenvalue weighted by Gasteiger charge is -2.16. The van der Waals surface area contributed by atoms with Crippen molar-refractivity contribution in [3.63, 3.8) is 0 Å². The molecule has 78 valence electrons. The summed E-state index contributed by atoms with van der Waals surface area (Å²) in [6.45, 7) is 2.08. The van der Waals surface area contributed by atoms with E-state index in [4.69, 9.17) is 0 Å². The Labute approximate surface area is 97.3 Å². The van der Waals surface area contributed by atoms with Gasteiger partial charge in [0.1, 0.15) is 0 Å². The molecule has 1 heterocycles. The van der Waals surface area contributed by atoms with Crippen molar-refractivity contribution in [1.82, 2.24) is 0 Å². The zero-order valence-corrected chi connectivity index (χ0v) is 10.7. The van der Waals surface area contributed by atoms with E-state index in [1.165, 1.54) is 30.6 Å². The summed E-state index contributed by atoms with van der Waals surface area (Å²) in [5, 5.41) is 10.2. The third kappa shape index (κ3) is 2.05. The molecule has 1 saturated carbocycles. The van der Waals surface area contributed by atoms with Gasteiger partial charge in [-0.1, -0.05) is 12.8 Å². The van der Waals surface area contributed by atoms with E-state index in [1.807, 2.05) is 0 Å². The minimum atomic E-state index is -0.245. The molecule has 0 amide bonds. The summed E-state index contributed by atoms with van der Waals surface area (Å²) >= 11 is 5.23. The molecule has 1 aromatic heterocycles. The van der Waals surface area contributed by atoms with Crippen molar-refractivity contribution in [2.75, 3.05) is 0 Å². The molecule has 0 spiro atoms. The molecule has 0 saturated heterocycles. The number of rotatable bonds is 2. The fourth-order valence-corrected chi connectivity index (χ4v) is 4.16. The Bertz CT molecular complexity index is 315. The fourth-order valence-electron chi connectivity index (χ4n) is 2.19. The maximum atomic E-state index is 10.2. The number of aliphatic hydroxyl groups is 1. The van der Waals surface area contributed by atoms with Crippen LogP contribution in [-0.4, -0.2) is 5.11 Å². The van der Waals surface area contributed by atoms with E-state index < -0.39 is 0 Å². The predicted octanol–water partition coefficient (Wildman–Crippen LogP) is 4.04. The zero-order valence-electron chi connectivity index (χ0n) is 8.29. The molecule has 0 aromatic carbocycles. The van der Waals surface area contributed by atoms with Crippen LogP contribution in [-0.2, 0) is 0 Å². The third-order valence-electron chi connectivity index (χ3n) is 2.95. The summed E-state index contributed by atoms with van der Waals surface area (Å²) in [5.41, 5.74) is 0. The number of aryl methyl sites for hydroxylation is 1. The number of hydrogen-bond acceptors (Lipinski definition) is 2. The number of thiophene rings is 1. The summed E-state index contributed by atoms with van der Waals surface area (Å²) in [6.07, 6.45) is 4.69. The van der Waals surface area contributed by atoms with Crippen LogP contribution in [0.5, 0.6) is 0 Å². The van der Waals surface area contributed by atoms with E-state index >= 15 is 0 Å². The van der Waals surface area contributed by atoms with E-state index in [-0.39, 0.29) is 6.10 Å². The summed E-state index contributed by atoms with van der Waals surface area (Å²) < 4.78 is 1.08. The van der Waals surface area contributed by atoms with Gasteiger partial charge in [-0.05, 0) is 47.7 Å². The second-order valence-electron chi connectivity index (χ2n) is 4.06. The highest BCUT2D eigenvalue weighted by Crippen LogP contribution is 2.41. The molecule has 1 nitrogen and oxygen atoms in total. The maximum Gasteiger partial charge on any atom is 0.0921 e. The quantitative estimate of drug-likeness (QED) is 0.863. The van der Waals surface area contributed by atoms with Crippen molar-refractivity contribution in [3.8, 4) is 0 Å². The average molecular weight is 275 g/mol. The molecular weight excluding hydrogens is 260 g/mol. The first-order valence-electron chi connectivity index (χ1n) is 5.12. The van der Waals surface area contributed by atoms with E-state index in [2.05, 4.69) is 28.9 Å². The van der Waals surface area contributed by atoms with E-state index in [1.54, 1.807) is 11.3 Å². The maximum absolute atomic E-state index is 10.2. The van der Waals surface area contributed by atoms with Crippen molar-refractivity contribution < 1.29 is 5.11 Å². The highest BCUT2D eigenvalue weighted by atomic mass is 79.9. The van der Waals surface area contributed by atoms with Gasteiger partial charge in [-0.2, -0.15) is 0 Å². The van der Waals surface area contributed by atoms with Gasteiger partial charge in [0.15, 0.2) is 0 Å². The van der Waals surface area contributed by atoms with Gasteiger partial charge in [-0.3, -0.25) is 0 Å². The number of hydrogen-bond donors (Lipinski definition) is 1. The molecule has 1 aromatic rings. The molecular formula is C11H15BrOS. The summed E-state index contributed by atoms with van der Waals surface area (Å²) in [4.78, 5) is 2.39. The van der Waals surface area contributed by atoms with Gasteiger partial charge in [0.25, 0.3) is 0 Å². The molecule has 0 radical (unpaired) electrons. The highest BCUT2D eigenvalue weighted by molar-refractivity contribution is 9.10. The molecule has 0 aliphatic heterocycles. The van der Waals surface area contributed by atoms with Crippen LogP contribution in [0.2, 0.25) is 0 Å². The first-order chi connectivity index (χ1) is 6.68. The van der Waals surface area contributed by atoms with Crippen LogP contribution in [0.4, 0.5) is 0 Å². The first kappa shape index (κ1) is 10.7. The fraction of sp³-hybridized carbons (Fsp3) is 0.636. The number of aliphatic hydroxyl groups excluding tert-OH is 1. The normalized spacial score (nSPS) is 20.2. The Balaban J connectivity index is 2.17. The zero-order chi connectivity index (χ0) is 10.1. The standard InChI is InChI=1S/C11H15BrOS/c1-7-6-9(12)11(14-7)10(13)8-4-2-3-5-8/h6,8,10,13H,2-5H2,1H3. The SMILES string of the molecule is Cc1cc(Br)c(C(O)C2CCCC2)s1. The van der Waals surface area contributed by atoms with Gasteiger partial charge in [0, 0.05) is 14.2 Å². The highest BCUT2D eigenvalue weighted by Gasteiger charge is 2.26. The van der Waals surface area contributed by atoms with Crippen molar-refractivity contribution in [1.29, 1.82) is 0 Å². The van der Waals surface area contributed by atoms with Crippen LogP contribution in [0.25, 0.3) is 0 Å². The second-order valence-corrected chi connectivity index (χ2v) is 6.20. The molecule has 1 unspecified atom stereocenters. The Morgan fingerprint density at radius 3 is 2.64 bits per heavy atom. The van der Waals surface area contributed by atoms with Crippen LogP contribution >= 0.6 is 27.3 Å². The molecule has 2 rings (SSSR count). The third-order valence-corrected chi connectivity index (χ3v) is 4.99. The monoisotopic (exact) mass is 274 g/mol. The average Bonchev–Trinajstić information content (AvgIpc) is 2.73. The Morgan fingerprint density at radius 1 is 1.50 bits per heavy atom. The van der Waals surface area contributed by atoms with Gasteiger partial charge in [-0.25, -0.2) is 0 Å². The molecule has 1 atom stereocenters. The van der Waals surface area contributed by atoms with Gasteiger partial charge in [-0.15, -0.1) is 11.3 Å². The smallest absolute Gasteiger partial charge is 0.0921 e. The lowest BCUT2D eigenvalue weighted by atomic mass is 10.00. The van der Waals surface area contributed by atoms with E-state index in [0.29, 0.717) is 5.92 Å². The predicted molar refractivity (Wildman–Crippen MR) is 63.7 cm³/mol. The summed E-state index contributed by atoms with van der Waals surface area (Å²) in [6, 6.07) is 2.10. The van der Waals surface area contributed by atoms with Crippen LogP contribution in [0.1, 0.15) is 41.5 Å². The Kier molecular flexibility index (Phi) is 3.30. The Hall–Kier alpha value is 0.140. The number of halogens is 1. The molecule has 0 bridgehead atoms. The van der Waals surface area contributed by atoms with Gasteiger partial charge < -0.3 is 5.11 Å². The topological polar surface area (TPSA) is 20.2 Å². The van der Waals surface area contributed by atoms with Crippen molar-refractivity contribution in [2.45, 2.75) is 38.7 Å². The Morgan fingerprint density at radius 2 is 2.14 bits per heavy atom. The van der Waals surface area contributed by atoms with Gasteiger partial charge >= 0.3 is 0 Å². The van der Waals surface area contributed by atoms with E-state index in [9.17, 15) is 5.11 Å². The first-order valence-corrected chi connectivity index (χ1v) is 6.73. The molecule has 14 heavy (non-hydrogen) atoms. The van der Waals surface area contributed by atoms with Crippen molar-refractivity contribution >= 4 is 27.3 Å². The largest absolute Gasteiger partial charge is 0.387 e. The molecule has 1 N–H and O–H groups in total. The lowest BCUT2D eigenvalue weighted by Crippen LogP contribution is -2.07. The molecule has 3 heteroatoms. The van der Waals surface area contributed by atoms with Crippen LogP contribution < -0.4 is 0 Å². The second kappa shape index (κ2) is 4.33. The minimum Gasteiger partial charge on any atom is -0.387 e. The van der Waals surface area contributed by atoms with Crippen LogP contribution in [0.15, 0.2) is 10.5 Å². The van der Waals surface area contributed by atoms with E-state index in [0.717, 1.165) is 9.35 Å². The van der Waals surface area contributed by atoms with Crippen molar-refractivity contribution in [2.24, 2.45) is 5.92 Å². The minimum absolute atomic E-state index is 0.245. The lowest BCUT2D eigenvalue weighted by molar-refractivity contribution is 0.114. The van der Waals surface area contributed by atoms with Gasteiger partial charge in [0.05, 0.1) is 6.10 Å². The van der Waals surface area contributed by atoms with Crippen molar-refractivity contribution in [3.05, 3.63) is 20.3 Å². The summed E-state index contributed by atoms with van der Waals surface area (Å²) in [7, 11) is 0. The molecule has 1 aliphatic rings. The van der Waals surface area contributed by atoms with Crippen LogP contribution in [0, 0.1) is 12.8 Å². The summed E-state index contributed by atoms with van der Waals surface area (Å²) in [5.74, 6) is 0.490. The van der Waals surface area contributed by atoms with Crippen LogP contribution in [0.3, 0.4) is 0 Å².